The van der Waals surface area contributed by atoms with E-state index in [0.717, 1.165) is 31.0 Å². The summed E-state index contributed by atoms with van der Waals surface area (Å²) >= 11 is 0. The standard InChI is InChI=1S/C17H17N3O3/c1-11-8-14(19-16(21)17(22)23)9-15(18-11)20-7-6-12-4-2-3-5-13(12)10-20/h2-5,8-9H,6-7,10H2,1H3,(H,22,23)(H,18,19,21). The summed E-state index contributed by atoms with van der Waals surface area (Å²) in [5.74, 6) is -1.82. The zero-order chi connectivity index (χ0) is 16.4. The number of aromatic nitrogens is 1. The number of nitrogens with one attached hydrogen (secondary N) is 1. The molecular weight excluding hydrogens is 294 g/mol. The number of nitrogens with zero attached hydrogens (tertiary/aromatic N) is 2. The summed E-state index contributed by atoms with van der Waals surface area (Å²) in [7, 11) is 0. The monoisotopic (exact) mass is 311 g/mol. The van der Waals surface area contributed by atoms with Crippen molar-refractivity contribution in [2.45, 2.75) is 19.9 Å². The molecule has 0 fully saturated rings. The Morgan fingerprint density at radius 1 is 1.22 bits per heavy atom. The first kappa shape index (κ1) is 15.0. The number of carboxylic acids is 1. The van der Waals surface area contributed by atoms with Crippen molar-refractivity contribution in [1.29, 1.82) is 0 Å². The Kier molecular flexibility index (Phi) is 3.97. The van der Waals surface area contributed by atoms with Crippen LogP contribution in [0.2, 0.25) is 0 Å². The van der Waals surface area contributed by atoms with E-state index in [1.54, 1.807) is 12.1 Å². The van der Waals surface area contributed by atoms with Gasteiger partial charge in [-0.2, -0.15) is 0 Å². The second-order valence-electron chi connectivity index (χ2n) is 5.55. The summed E-state index contributed by atoms with van der Waals surface area (Å²) in [6.45, 7) is 3.40. The third-order valence-corrected chi connectivity index (χ3v) is 3.85. The Balaban J connectivity index is 1.85. The first-order chi connectivity index (χ1) is 11.0. The van der Waals surface area contributed by atoms with Gasteiger partial charge in [-0.25, -0.2) is 9.78 Å². The molecule has 1 aliphatic heterocycles. The van der Waals surface area contributed by atoms with Gasteiger partial charge >= 0.3 is 11.9 Å². The maximum atomic E-state index is 11.3. The molecular formula is C17H17N3O3. The van der Waals surface area contributed by atoms with Gasteiger partial charge in [-0.15, -0.1) is 0 Å². The van der Waals surface area contributed by atoms with Gasteiger partial charge in [0.15, 0.2) is 0 Å². The molecule has 0 atom stereocenters. The highest BCUT2D eigenvalue weighted by molar-refractivity contribution is 6.36. The van der Waals surface area contributed by atoms with E-state index in [9.17, 15) is 9.59 Å². The highest BCUT2D eigenvalue weighted by Crippen LogP contribution is 2.25. The number of aliphatic carboxylic acids is 1. The lowest BCUT2D eigenvalue weighted by Crippen LogP contribution is -2.31. The van der Waals surface area contributed by atoms with Crippen LogP contribution in [0.5, 0.6) is 0 Å². The molecule has 0 spiro atoms. The Bertz CT molecular complexity index is 773. The molecule has 0 saturated heterocycles. The van der Waals surface area contributed by atoms with Crippen LogP contribution in [0.1, 0.15) is 16.8 Å². The lowest BCUT2D eigenvalue weighted by atomic mass is 10.00. The molecule has 6 heteroatoms. The number of aryl methyl sites for hydroxylation is 1. The number of pyridine rings is 1. The molecule has 2 heterocycles. The SMILES string of the molecule is Cc1cc(NC(=O)C(=O)O)cc(N2CCc3ccccc3C2)n1. The second-order valence-corrected chi connectivity index (χ2v) is 5.55. The van der Waals surface area contributed by atoms with E-state index >= 15 is 0 Å². The minimum Gasteiger partial charge on any atom is -0.474 e. The van der Waals surface area contributed by atoms with Gasteiger partial charge < -0.3 is 15.3 Å². The molecule has 1 aliphatic rings. The van der Waals surface area contributed by atoms with Crippen molar-refractivity contribution >= 4 is 23.4 Å². The lowest BCUT2D eigenvalue weighted by molar-refractivity contribution is -0.147. The topological polar surface area (TPSA) is 82.5 Å². The Hall–Kier alpha value is -2.89. The number of carboxylic acid groups (broad SMARTS) is 1. The normalized spacial score (nSPS) is 13.3. The van der Waals surface area contributed by atoms with E-state index in [2.05, 4.69) is 27.3 Å². The molecule has 118 valence electrons. The summed E-state index contributed by atoms with van der Waals surface area (Å²) in [6, 6.07) is 11.7. The van der Waals surface area contributed by atoms with Crippen LogP contribution in [0, 0.1) is 6.92 Å². The van der Waals surface area contributed by atoms with E-state index in [4.69, 9.17) is 5.11 Å². The maximum absolute atomic E-state index is 11.3. The number of hydrogen-bond donors (Lipinski definition) is 2. The largest absolute Gasteiger partial charge is 0.474 e. The van der Waals surface area contributed by atoms with Gasteiger partial charge in [0.25, 0.3) is 0 Å². The van der Waals surface area contributed by atoms with Gasteiger partial charge in [-0.1, -0.05) is 24.3 Å². The fourth-order valence-electron chi connectivity index (χ4n) is 2.76. The second kappa shape index (κ2) is 6.08. The van der Waals surface area contributed by atoms with Gasteiger partial charge in [0.1, 0.15) is 5.82 Å². The molecule has 1 amide bonds. The molecule has 23 heavy (non-hydrogen) atoms. The van der Waals surface area contributed by atoms with Crippen molar-refractivity contribution in [1.82, 2.24) is 4.98 Å². The van der Waals surface area contributed by atoms with Gasteiger partial charge in [0, 0.05) is 30.5 Å². The van der Waals surface area contributed by atoms with E-state index in [1.165, 1.54) is 11.1 Å². The minimum atomic E-state index is -1.51. The first-order valence-corrected chi connectivity index (χ1v) is 7.37. The van der Waals surface area contributed by atoms with Gasteiger partial charge in [-0.3, -0.25) is 4.79 Å². The van der Waals surface area contributed by atoms with Gasteiger partial charge in [0.05, 0.1) is 0 Å². The third-order valence-electron chi connectivity index (χ3n) is 3.85. The van der Waals surface area contributed by atoms with Gasteiger partial charge in [-0.05, 0) is 30.5 Å². The van der Waals surface area contributed by atoms with Crippen molar-refractivity contribution in [3.8, 4) is 0 Å². The average Bonchev–Trinajstić information content (AvgIpc) is 2.53. The zero-order valence-corrected chi connectivity index (χ0v) is 12.7. The minimum absolute atomic E-state index is 0.443. The van der Waals surface area contributed by atoms with E-state index in [-0.39, 0.29) is 0 Å². The molecule has 1 aromatic heterocycles. The number of rotatable bonds is 2. The Morgan fingerprint density at radius 3 is 2.70 bits per heavy atom. The molecule has 1 aromatic carbocycles. The number of amides is 1. The predicted molar refractivity (Wildman–Crippen MR) is 86.4 cm³/mol. The summed E-state index contributed by atoms with van der Waals surface area (Å²) in [4.78, 5) is 28.6. The van der Waals surface area contributed by atoms with Crippen LogP contribution in [0.4, 0.5) is 11.5 Å². The lowest BCUT2D eigenvalue weighted by Gasteiger charge is -2.30. The van der Waals surface area contributed by atoms with Crippen molar-refractivity contribution in [3.63, 3.8) is 0 Å². The molecule has 0 radical (unpaired) electrons. The first-order valence-electron chi connectivity index (χ1n) is 7.37. The Morgan fingerprint density at radius 2 is 1.96 bits per heavy atom. The number of anilines is 2. The van der Waals surface area contributed by atoms with Crippen molar-refractivity contribution in [2.75, 3.05) is 16.8 Å². The number of benzene rings is 1. The molecule has 0 saturated carbocycles. The summed E-state index contributed by atoms with van der Waals surface area (Å²) in [5.41, 5.74) is 3.77. The molecule has 3 rings (SSSR count). The Labute approximate surface area is 133 Å². The molecule has 6 nitrogen and oxygen atoms in total. The fraction of sp³-hybridized carbons (Fsp3) is 0.235. The third kappa shape index (κ3) is 3.31. The number of fused-ring (bicyclic) bond motifs is 1. The number of hydrogen-bond acceptors (Lipinski definition) is 4. The quantitative estimate of drug-likeness (QED) is 0.829. The molecule has 2 N–H and O–H groups in total. The molecule has 2 aromatic rings. The van der Waals surface area contributed by atoms with Crippen LogP contribution in [0.25, 0.3) is 0 Å². The summed E-state index contributed by atoms with van der Waals surface area (Å²) in [6.07, 6.45) is 0.933. The smallest absolute Gasteiger partial charge is 0.394 e. The van der Waals surface area contributed by atoms with Crippen molar-refractivity contribution < 1.29 is 14.7 Å². The van der Waals surface area contributed by atoms with Crippen LogP contribution >= 0.6 is 0 Å². The van der Waals surface area contributed by atoms with E-state index in [1.807, 2.05) is 19.1 Å². The summed E-state index contributed by atoms with van der Waals surface area (Å²) < 4.78 is 0. The van der Waals surface area contributed by atoms with Crippen LogP contribution in [0.3, 0.4) is 0 Å². The van der Waals surface area contributed by atoms with Crippen LogP contribution in [0.15, 0.2) is 36.4 Å². The average molecular weight is 311 g/mol. The highest BCUT2D eigenvalue weighted by atomic mass is 16.4. The van der Waals surface area contributed by atoms with E-state index in [0.29, 0.717) is 5.69 Å². The van der Waals surface area contributed by atoms with Crippen molar-refractivity contribution in [2.24, 2.45) is 0 Å². The van der Waals surface area contributed by atoms with Crippen LogP contribution in [-0.2, 0) is 22.6 Å². The number of carbonyl (C=O) groups excluding carboxylic acids is 1. The predicted octanol–water partition coefficient (Wildman–Crippen LogP) is 1.98. The zero-order valence-electron chi connectivity index (χ0n) is 12.7. The number of carbonyl (C=O) groups is 2. The fourth-order valence-corrected chi connectivity index (χ4v) is 2.76. The molecule has 0 bridgehead atoms. The van der Waals surface area contributed by atoms with Crippen LogP contribution in [-0.4, -0.2) is 28.5 Å². The van der Waals surface area contributed by atoms with Gasteiger partial charge in [0.2, 0.25) is 0 Å². The van der Waals surface area contributed by atoms with Crippen molar-refractivity contribution in [3.05, 3.63) is 53.2 Å². The van der Waals surface area contributed by atoms with Crippen LogP contribution < -0.4 is 10.2 Å². The van der Waals surface area contributed by atoms with E-state index < -0.39 is 11.9 Å². The highest BCUT2D eigenvalue weighted by Gasteiger charge is 2.18. The maximum Gasteiger partial charge on any atom is 0.394 e. The molecule has 0 aliphatic carbocycles. The molecule has 0 unspecified atom stereocenters. The summed E-state index contributed by atoms with van der Waals surface area (Å²) in [5, 5.41) is 11.1.